The highest BCUT2D eigenvalue weighted by atomic mass is 79.9. The van der Waals surface area contributed by atoms with Gasteiger partial charge in [0.1, 0.15) is 0 Å². The molecule has 0 bridgehead atoms. The zero-order valence-electron chi connectivity index (χ0n) is 10.8. The van der Waals surface area contributed by atoms with Gasteiger partial charge in [0.05, 0.1) is 6.10 Å². The fourth-order valence-electron chi connectivity index (χ4n) is 2.45. The molecule has 1 aromatic rings. The molecule has 0 radical (unpaired) electrons. The third kappa shape index (κ3) is 4.05. The second-order valence-corrected chi connectivity index (χ2v) is 6.06. The summed E-state index contributed by atoms with van der Waals surface area (Å²) in [7, 11) is 2.16. The molecular weight excluding hydrogens is 292 g/mol. The van der Waals surface area contributed by atoms with E-state index in [9.17, 15) is 5.11 Å². The Morgan fingerprint density at radius 2 is 2.39 bits per heavy atom. The lowest BCUT2D eigenvalue weighted by Gasteiger charge is -2.15. The standard InChI is InChI=1S/C14H21BrN2O/c1-17-6-5-11(10-17)8-16-9-14(18)12-3-2-4-13(15)7-12/h2-4,7,11,14,16,18H,5-6,8-10H2,1H3. The van der Waals surface area contributed by atoms with E-state index < -0.39 is 6.10 Å². The molecule has 1 saturated heterocycles. The van der Waals surface area contributed by atoms with Crippen LogP contribution in [0.25, 0.3) is 0 Å². The number of aliphatic hydroxyl groups excluding tert-OH is 1. The first-order chi connectivity index (χ1) is 8.65. The predicted molar refractivity (Wildman–Crippen MR) is 77.6 cm³/mol. The summed E-state index contributed by atoms with van der Waals surface area (Å²) in [5, 5.41) is 13.5. The maximum Gasteiger partial charge on any atom is 0.0914 e. The largest absolute Gasteiger partial charge is 0.387 e. The lowest BCUT2D eigenvalue weighted by atomic mass is 10.1. The van der Waals surface area contributed by atoms with Gasteiger partial charge in [-0.15, -0.1) is 0 Å². The van der Waals surface area contributed by atoms with Crippen molar-refractivity contribution in [2.45, 2.75) is 12.5 Å². The van der Waals surface area contributed by atoms with Gasteiger partial charge >= 0.3 is 0 Å². The summed E-state index contributed by atoms with van der Waals surface area (Å²) in [5.41, 5.74) is 0.959. The molecule has 0 amide bonds. The fourth-order valence-corrected chi connectivity index (χ4v) is 2.87. The summed E-state index contributed by atoms with van der Waals surface area (Å²) in [6.45, 7) is 3.98. The number of rotatable bonds is 5. The Kier molecular flexibility index (Phi) is 5.18. The van der Waals surface area contributed by atoms with Crippen LogP contribution in [0.3, 0.4) is 0 Å². The second kappa shape index (κ2) is 6.66. The molecule has 100 valence electrons. The third-order valence-corrected chi connectivity index (χ3v) is 3.99. The summed E-state index contributed by atoms with van der Waals surface area (Å²) in [5.74, 6) is 0.727. The summed E-state index contributed by atoms with van der Waals surface area (Å²) >= 11 is 3.42. The molecule has 3 nitrogen and oxygen atoms in total. The first-order valence-corrected chi connectivity index (χ1v) is 7.27. The Bertz CT molecular complexity index is 386. The van der Waals surface area contributed by atoms with Gasteiger partial charge in [-0.2, -0.15) is 0 Å². The van der Waals surface area contributed by atoms with Gasteiger partial charge in [-0.25, -0.2) is 0 Å². The first-order valence-electron chi connectivity index (χ1n) is 6.48. The fraction of sp³-hybridized carbons (Fsp3) is 0.571. The Balaban J connectivity index is 1.73. The SMILES string of the molecule is CN1CCC(CNCC(O)c2cccc(Br)c2)C1. The second-order valence-electron chi connectivity index (χ2n) is 5.15. The Morgan fingerprint density at radius 3 is 3.06 bits per heavy atom. The number of halogens is 1. The number of benzene rings is 1. The van der Waals surface area contributed by atoms with Gasteiger partial charge in [-0.3, -0.25) is 0 Å². The van der Waals surface area contributed by atoms with Crippen LogP contribution in [0.15, 0.2) is 28.7 Å². The van der Waals surface area contributed by atoms with Crippen LogP contribution in [0.4, 0.5) is 0 Å². The smallest absolute Gasteiger partial charge is 0.0914 e. The number of hydrogen-bond acceptors (Lipinski definition) is 3. The van der Waals surface area contributed by atoms with Crippen LogP contribution in [-0.4, -0.2) is 43.2 Å². The van der Waals surface area contributed by atoms with Gasteiger partial charge in [0.2, 0.25) is 0 Å². The van der Waals surface area contributed by atoms with E-state index in [-0.39, 0.29) is 0 Å². The lowest BCUT2D eigenvalue weighted by Crippen LogP contribution is -2.28. The van der Waals surface area contributed by atoms with Crippen molar-refractivity contribution in [2.24, 2.45) is 5.92 Å². The third-order valence-electron chi connectivity index (χ3n) is 3.49. The van der Waals surface area contributed by atoms with E-state index in [1.54, 1.807) is 0 Å². The molecule has 1 aliphatic heterocycles. The Labute approximate surface area is 117 Å². The maximum absolute atomic E-state index is 10.1. The van der Waals surface area contributed by atoms with Crippen LogP contribution < -0.4 is 5.32 Å². The van der Waals surface area contributed by atoms with Gasteiger partial charge < -0.3 is 15.3 Å². The average molecular weight is 313 g/mol. The highest BCUT2D eigenvalue weighted by Gasteiger charge is 2.19. The van der Waals surface area contributed by atoms with Crippen LogP contribution in [0.2, 0.25) is 0 Å². The maximum atomic E-state index is 10.1. The number of aliphatic hydroxyl groups is 1. The topological polar surface area (TPSA) is 35.5 Å². The molecule has 0 saturated carbocycles. The Hall–Kier alpha value is -0.420. The van der Waals surface area contributed by atoms with E-state index in [4.69, 9.17) is 0 Å². The van der Waals surface area contributed by atoms with E-state index in [1.807, 2.05) is 24.3 Å². The molecule has 0 aliphatic carbocycles. The predicted octanol–water partition coefficient (Wildman–Crippen LogP) is 2.02. The number of likely N-dealkylation sites (tertiary alicyclic amines) is 1. The van der Waals surface area contributed by atoms with Crippen molar-refractivity contribution < 1.29 is 5.11 Å². The summed E-state index contributed by atoms with van der Waals surface area (Å²) in [4.78, 5) is 2.36. The number of hydrogen-bond donors (Lipinski definition) is 2. The van der Waals surface area contributed by atoms with Crippen molar-refractivity contribution in [3.63, 3.8) is 0 Å². The quantitative estimate of drug-likeness (QED) is 0.873. The zero-order chi connectivity index (χ0) is 13.0. The Morgan fingerprint density at radius 1 is 1.56 bits per heavy atom. The summed E-state index contributed by atoms with van der Waals surface area (Å²) in [6.07, 6.45) is 0.831. The monoisotopic (exact) mass is 312 g/mol. The molecule has 2 rings (SSSR count). The minimum absolute atomic E-state index is 0.429. The van der Waals surface area contributed by atoms with Crippen molar-refractivity contribution >= 4 is 15.9 Å². The molecule has 1 fully saturated rings. The number of nitrogens with one attached hydrogen (secondary N) is 1. The molecule has 2 N–H and O–H groups in total. The average Bonchev–Trinajstić information content (AvgIpc) is 2.75. The van der Waals surface area contributed by atoms with Crippen molar-refractivity contribution in [2.75, 3.05) is 33.2 Å². The van der Waals surface area contributed by atoms with Gasteiger partial charge in [0.15, 0.2) is 0 Å². The molecule has 18 heavy (non-hydrogen) atoms. The minimum atomic E-state index is -0.429. The normalized spacial score (nSPS) is 22.3. The molecule has 4 heteroatoms. The van der Waals surface area contributed by atoms with E-state index in [2.05, 4.69) is 33.2 Å². The van der Waals surface area contributed by atoms with Crippen molar-refractivity contribution in [3.05, 3.63) is 34.3 Å². The van der Waals surface area contributed by atoms with Crippen LogP contribution in [-0.2, 0) is 0 Å². The molecule has 2 unspecified atom stereocenters. The molecule has 1 aromatic carbocycles. The number of nitrogens with zero attached hydrogens (tertiary/aromatic N) is 1. The van der Waals surface area contributed by atoms with Crippen LogP contribution >= 0.6 is 15.9 Å². The van der Waals surface area contributed by atoms with Crippen molar-refractivity contribution in [3.8, 4) is 0 Å². The molecule has 0 aromatic heterocycles. The summed E-state index contributed by atoms with van der Waals surface area (Å²) in [6, 6.07) is 7.85. The van der Waals surface area contributed by atoms with Gasteiger partial charge in [-0.05, 0) is 50.2 Å². The van der Waals surface area contributed by atoms with E-state index >= 15 is 0 Å². The summed E-state index contributed by atoms with van der Waals surface area (Å²) < 4.78 is 1.01. The zero-order valence-corrected chi connectivity index (χ0v) is 12.4. The van der Waals surface area contributed by atoms with Crippen LogP contribution in [0.5, 0.6) is 0 Å². The van der Waals surface area contributed by atoms with Gasteiger partial charge in [-0.1, -0.05) is 28.1 Å². The minimum Gasteiger partial charge on any atom is -0.387 e. The van der Waals surface area contributed by atoms with E-state index in [0.717, 1.165) is 22.5 Å². The van der Waals surface area contributed by atoms with Crippen LogP contribution in [0.1, 0.15) is 18.1 Å². The van der Waals surface area contributed by atoms with Crippen molar-refractivity contribution in [1.82, 2.24) is 10.2 Å². The van der Waals surface area contributed by atoms with Gasteiger partial charge in [0, 0.05) is 17.6 Å². The van der Waals surface area contributed by atoms with Crippen molar-refractivity contribution in [1.29, 1.82) is 0 Å². The van der Waals surface area contributed by atoms with Gasteiger partial charge in [0.25, 0.3) is 0 Å². The van der Waals surface area contributed by atoms with E-state index in [1.165, 1.54) is 19.5 Å². The molecule has 2 atom stereocenters. The molecule has 1 aliphatic rings. The van der Waals surface area contributed by atoms with Crippen LogP contribution in [0, 0.1) is 5.92 Å². The molecule has 0 spiro atoms. The lowest BCUT2D eigenvalue weighted by molar-refractivity contribution is 0.172. The highest BCUT2D eigenvalue weighted by Crippen LogP contribution is 2.18. The highest BCUT2D eigenvalue weighted by molar-refractivity contribution is 9.10. The molecule has 1 heterocycles. The first kappa shape index (κ1) is 14.0. The van der Waals surface area contributed by atoms with E-state index in [0.29, 0.717) is 6.54 Å². The molecular formula is C14H21BrN2O.